The number of allylic oxidation sites excluding steroid dienone is 1. The van der Waals surface area contributed by atoms with Crippen molar-refractivity contribution in [3.63, 3.8) is 0 Å². The van der Waals surface area contributed by atoms with Crippen molar-refractivity contribution in [1.29, 1.82) is 0 Å². The molecular weight excluding hydrogens is 280 g/mol. The third-order valence-electron chi connectivity index (χ3n) is 2.73. The molecule has 1 N–H and O–H groups in total. The Bertz CT molecular complexity index is 494. The highest BCUT2D eigenvalue weighted by Crippen LogP contribution is 2.19. The Morgan fingerprint density at radius 2 is 2.26 bits per heavy atom. The van der Waals surface area contributed by atoms with Crippen molar-refractivity contribution in [2.75, 3.05) is 5.75 Å². The molecular formula is C13H22N2O2S2. The minimum absolute atomic E-state index is 0.164. The summed E-state index contributed by atoms with van der Waals surface area (Å²) in [6.45, 7) is 7.49. The van der Waals surface area contributed by atoms with Crippen LogP contribution >= 0.6 is 11.3 Å². The number of aryl methyl sites for hydroxylation is 1. The van der Waals surface area contributed by atoms with Gasteiger partial charge in [-0.15, -0.1) is 17.9 Å². The lowest BCUT2D eigenvalue weighted by atomic mass is 10.2. The molecule has 0 bridgehead atoms. The van der Waals surface area contributed by atoms with Gasteiger partial charge in [0.05, 0.1) is 17.5 Å². The molecule has 4 nitrogen and oxygen atoms in total. The van der Waals surface area contributed by atoms with E-state index in [0.717, 1.165) is 30.0 Å². The fourth-order valence-corrected chi connectivity index (χ4v) is 3.98. The second-order valence-corrected chi connectivity index (χ2v) is 7.24. The van der Waals surface area contributed by atoms with E-state index in [9.17, 15) is 8.42 Å². The van der Waals surface area contributed by atoms with E-state index in [1.165, 1.54) is 11.3 Å². The Kier molecular flexibility index (Phi) is 6.68. The number of aromatic nitrogens is 1. The summed E-state index contributed by atoms with van der Waals surface area (Å²) in [5.74, 6) is 0.164. The lowest BCUT2D eigenvalue weighted by molar-refractivity contribution is 0.562. The average molecular weight is 302 g/mol. The normalized spacial score (nSPS) is 13.4. The molecule has 0 saturated heterocycles. The summed E-state index contributed by atoms with van der Waals surface area (Å²) in [6, 6.07) is -0.255. The first-order valence-electron chi connectivity index (χ1n) is 6.53. The molecule has 0 spiro atoms. The van der Waals surface area contributed by atoms with Crippen LogP contribution in [0.3, 0.4) is 0 Å². The highest BCUT2D eigenvalue weighted by atomic mass is 32.2. The molecule has 0 radical (unpaired) electrons. The van der Waals surface area contributed by atoms with Gasteiger partial charge in [0.15, 0.2) is 0 Å². The van der Waals surface area contributed by atoms with Crippen molar-refractivity contribution < 1.29 is 8.42 Å². The summed E-state index contributed by atoms with van der Waals surface area (Å²) in [5, 5.41) is 2.80. The maximum atomic E-state index is 11.9. The van der Waals surface area contributed by atoms with Crippen LogP contribution in [0.2, 0.25) is 0 Å². The molecule has 1 unspecified atom stereocenters. The Labute approximate surface area is 120 Å². The Morgan fingerprint density at radius 1 is 1.53 bits per heavy atom. The number of hydrogen-bond acceptors (Lipinski definition) is 4. The van der Waals surface area contributed by atoms with Crippen LogP contribution in [0.5, 0.6) is 0 Å². The van der Waals surface area contributed by atoms with Crippen LogP contribution in [0.25, 0.3) is 0 Å². The van der Waals surface area contributed by atoms with Gasteiger partial charge >= 0.3 is 0 Å². The quantitative estimate of drug-likeness (QED) is 0.563. The van der Waals surface area contributed by atoms with Gasteiger partial charge in [-0.3, -0.25) is 0 Å². The lowest BCUT2D eigenvalue weighted by Crippen LogP contribution is -2.29. The fraction of sp³-hybridized carbons (Fsp3) is 0.615. The zero-order valence-corrected chi connectivity index (χ0v) is 13.2. The molecule has 1 atom stereocenters. The van der Waals surface area contributed by atoms with E-state index in [1.807, 2.05) is 25.3 Å². The highest BCUT2D eigenvalue weighted by molar-refractivity contribution is 7.89. The molecule has 1 aromatic rings. The van der Waals surface area contributed by atoms with Crippen molar-refractivity contribution in [3.8, 4) is 0 Å². The topological polar surface area (TPSA) is 59.1 Å². The summed E-state index contributed by atoms with van der Waals surface area (Å²) in [5.41, 5.74) is 1.01. The van der Waals surface area contributed by atoms with Crippen molar-refractivity contribution in [3.05, 3.63) is 28.7 Å². The molecule has 1 aromatic heterocycles. The van der Waals surface area contributed by atoms with E-state index in [2.05, 4.69) is 16.3 Å². The predicted octanol–water partition coefficient (Wildman–Crippen LogP) is 3.04. The van der Waals surface area contributed by atoms with E-state index in [4.69, 9.17) is 0 Å². The molecule has 0 aliphatic carbocycles. The first kappa shape index (κ1) is 16.3. The number of nitrogens with zero attached hydrogens (tertiary/aromatic N) is 1. The van der Waals surface area contributed by atoms with Gasteiger partial charge in [0.25, 0.3) is 0 Å². The van der Waals surface area contributed by atoms with Gasteiger partial charge in [-0.1, -0.05) is 13.0 Å². The molecule has 0 aromatic carbocycles. The molecule has 6 heteroatoms. The van der Waals surface area contributed by atoms with Crippen LogP contribution in [0.4, 0.5) is 0 Å². The van der Waals surface area contributed by atoms with Gasteiger partial charge in [0, 0.05) is 5.38 Å². The highest BCUT2D eigenvalue weighted by Gasteiger charge is 2.17. The Balaban J connectivity index is 2.49. The smallest absolute Gasteiger partial charge is 0.212 e. The number of thiazole rings is 1. The van der Waals surface area contributed by atoms with Gasteiger partial charge in [-0.05, 0) is 32.6 Å². The number of unbranched alkanes of at least 4 members (excludes halogenated alkanes) is 2. The molecule has 0 aliphatic rings. The lowest BCUT2D eigenvalue weighted by Gasteiger charge is -2.11. The summed E-state index contributed by atoms with van der Waals surface area (Å²) in [6.07, 6.45) is 5.06. The van der Waals surface area contributed by atoms with Gasteiger partial charge in [0.1, 0.15) is 5.01 Å². The molecule has 19 heavy (non-hydrogen) atoms. The Morgan fingerprint density at radius 3 is 2.84 bits per heavy atom. The van der Waals surface area contributed by atoms with E-state index in [0.29, 0.717) is 6.42 Å². The fourth-order valence-electron chi connectivity index (χ4n) is 1.64. The van der Waals surface area contributed by atoms with E-state index in [-0.39, 0.29) is 11.8 Å². The first-order chi connectivity index (χ1) is 8.98. The van der Waals surface area contributed by atoms with Crippen LogP contribution in [0.15, 0.2) is 18.0 Å². The zero-order valence-electron chi connectivity index (χ0n) is 11.6. The first-order valence-corrected chi connectivity index (χ1v) is 9.07. The standard InChI is InChI=1S/C13H22N2O2S2/c1-4-6-7-8-9-19(16,17)15-11(3)13-14-12(5-2)10-18-13/h4,10-11,15H,1,5-9H2,2-3H3. The predicted molar refractivity (Wildman–Crippen MR) is 80.9 cm³/mol. The average Bonchev–Trinajstić information content (AvgIpc) is 2.83. The second-order valence-electron chi connectivity index (χ2n) is 4.47. The molecule has 108 valence electrons. The minimum Gasteiger partial charge on any atom is -0.245 e. The minimum atomic E-state index is -3.22. The Hall–Kier alpha value is -0.720. The molecule has 0 amide bonds. The van der Waals surface area contributed by atoms with Crippen molar-refractivity contribution in [2.24, 2.45) is 0 Å². The van der Waals surface area contributed by atoms with Crippen molar-refractivity contribution in [1.82, 2.24) is 9.71 Å². The molecule has 0 aliphatic heterocycles. The van der Waals surface area contributed by atoms with Gasteiger partial charge in [-0.25, -0.2) is 18.1 Å². The number of rotatable bonds is 9. The SMILES string of the molecule is C=CCCCCS(=O)(=O)NC(C)c1nc(CC)cs1. The number of nitrogens with one attached hydrogen (secondary N) is 1. The third kappa shape index (κ3) is 5.84. The van der Waals surface area contributed by atoms with Crippen LogP contribution in [0, 0.1) is 0 Å². The summed E-state index contributed by atoms with van der Waals surface area (Å²) in [7, 11) is -3.22. The summed E-state index contributed by atoms with van der Waals surface area (Å²) in [4.78, 5) is 4.40. The molecule has 0 saturated carbocycles. The van der Waals surface area contributed by atoms with Crippen LogP contribution in [-0.2, 0) is 16.4 Å². The van der Waals surface area contributed by atoms with Crippen molar-refractivity contribution in [2.45, 2.75) is 45.6 Å². The number of sulfonamides is 1. The molecule has 0 fully saturated rings. The molecule has 1 heterocycles. The van der Waals surface area contributed by atoms with Crippen LogP contribution in [0.1, 0.15) is 49.9 Å². The monoisotopic (exact) mass is 302 g/mol. The third-order valence-corrected chi connectivity index (χ3v) is 5.34. The van der Waals surface area contributed by atoms with E-state index >= 15 is 0 Å². The number of hydrogen-bond donors (Lipinski definition) is 1. The summed E-state index contributed by atoms with van der Waals surface area (Å²) >= 11 is 1.50. The van der Waals surface area contributed by atoms with Gasteiger partial charge in [0.2, 0.25) is 10.0 Å². The van der Waals surface area contributed by atoms with Crippen molar-refractivity contribution >= 4 is 21.4 Å². The van der Waals surface area contributed by atoms with Gasteiger partial charge < -0.3 is 0 Å². The van der Waals surface area contributed by atoms with Crippen LogP contribution in [-0.4, -0.2) is 19.2 Å². The largest absolute Gasteiger partial charge is 0.245 e. The summed E-state index contributed by atoms with van der Waals surface area (Å²) < 4.78 is 26.5. The zero-order chi connectivity index (χ0) is 14.3. The second kappa shape index (κ2) is 7.77. The van der Waals surface area contributed by atoms with E-state index in [1.54, 1.807) is 0 Å². The molecule has 1 rings (SSSR count). The maximum Gasteiger partial charge on any atom is 0.212 e. The van der Waals surface area contributed by atoms with Crippen LogP contribution < -0.4 is 4.72 Å². The van der Waals surface area contributed by atoms with Gasteiger partial charge in [-0.2, -0.15) is 0 Å². The maximum absolute atomic E-state index is 11.9. The van der Waals surface area contributed by atoms with E-state index < -0.39 is 10.0 Å².